The molecule has 0 atom stereocenters. The second-order valence-electron chi connectivity index (χ2n) is 7.06. The first kappa shape index (κ1) is 23.1. The number of unbranched alkanes of at least 4 members (excludes halogenated alkanes) is 2. The number of benzene rings is 2. The maximum absolute atomic E-state index is 12.8. The first-order valence-corrected chi connectivity index (χ1v) is 10.5. The van der Waals surface area contributed by atoms with Crippen LogP contribution in [0.25, 0.3) is 6.08 Å². The predicted molar refractivity (Wildman–Crippen MR) is 119 cm³/mol. The minimum atomic E-state index is -0.842. The summed E-state index contributed by atoms with van der Waals surface area (Å²) in [4.78, 5) is 36.1. The van der Waals surface area contributed by atoms with Gasteiger partial charge < -0.3 is 25.2 Å². The van der Waals surface area contributed by atoms with Gasteiger partial charge in [-0.3, -0.25) is 14.4 Å². The second kappa shape index (κ2) is 11.2. The summed E-state index contributed by atoms with van der Waals surface area (Å²) in [5, 5.41) is 14.3. The van der Waals surface area contributed by atoms with E-state index in [0.29, 0.717) is 42.9 Å². The SMILES string of the molecule is O=C(O)CCCCCNC(=O)/C(=C\c1ccc2c(c1)OCO2)NC(=O)c1ccccc1Cl. The van der Waals surface area contributed by atoms with Gasteiger partial charge in [0.2, 0.25) is 6.79 Å². The van der Waals surface area contributed by atoms with Crippen molar-refractivity contribution in [3.63, 3.8) is 0 Å². The third kappa shape index (κ3) is 6.49. The van der Waals surface area contributed by atoms with Gasteiger partial charge in [-0.15, -0.1) is 0 Å². The van der Waals surface area contributed by atoms with Crippen molar-refractivity contribution < 1.29 is 29.0 Å². The topological polar surface area (TPSA) is 114 Å². The number of carboxylic acid groups (broad SMARTS) is 1. The highest BCUT2D eigenvalue weighted by Crippen LogP contribution is 2.33. The second-order valence-corrected chi connectivity index (χ2v) is 7.47. The highest BCUT2D eigenvalue weighted by Gasteiger charge is 2.18. The van der Waals surface area contributed by atoms with Crippen molar-refractivity contribution in [2.24, 2.45) is 0 Å². The summed E-state index contributed by atoms with van der Waals surface area (Å²) in [5.41, 5.74) is 0.923. The number of carbonyl (C=O) groups is 3. The zero-order valence-corrected chi connectivity index (χ0v) is 18.0. The van der Waals surface area contributed by atoms with E-state index in [0.717, 1.165) is 0 Å². The lowest BCUT2D eigenvalue weighted by Gasteiger charge is -2.12. The van der Waals surface area contributed by atoms with Gasteiger partial charge in [-0.2, -0.15) is 0 Å². The highest BCUT2D eigenvalue weighted by atomic mass is 35.5. The number of ether oxygens (including phenoxy) is 2. The van der Waals surface area contributed by atoms with Crippen molar-refractivity contribution >= 4 is 35.5 Å². The molecule has 3 rings (SSSR count). The van der Waals surface area contributed by atoms with E-state index >= 15 is 0 Å². The Bertz CT molecular complexity index is 1040. The molecular weight excluding hydrogens is 436 g/mol. The normalized spacial score (nSPS) is 12.3. The lowest BCUT2D eigenvalue weighted by molar-refractivity contribution is -0.137. The monoisotopic (exact) mass is 458 g/mol. The number of fused-ring (bicyclic) bond motifs is 1. The molecule has 8 nitrogen and oxygen atoms in total. The summed E-state index contributed by atoms with van der Waals surface area (Å²) in [6.45, 7) is 0.472. The largest absolute Gasteiger partial charge is 0.481 e. The lowest BCUT2D eigenvalue weighted by atomic mass is 10.1. The maximum Gasteiger partial charge on any atom is 0.303 e. The van der Waals surface area contributed by atoms with Crippen LogP contribution in [0.5, 0.6) is 11.5 Å². The third-order valence-electron chi connectivity index (χ3n) is 4.67. The van der Waals surface area contributed by atoms with Crippen LogP contribution in [0.1, 0.15) is 41.6 Å². The summed E-state index contributed by atoms with van der Waals surface area (Å²) in [6, 6.07) is 11.7. The Morgan fingerprint density at radius 2 is 1.81 bits per heavy atom. The fourth-order valence-electron chi connectivity index (χ4n) is 3.04. The number of amides is 2. The average Bonchev–Trinajstić information content (AvgIpc) is 3.23. The number of halogens is 1. The van der Waals surface area contributed by atoms with E-state index in [-0.39, 0.29) is 29.5 Å². The van der Waals surface area contributed by atoms with E-state index in [4.69, 9.17) is 26.2 Å². The summed E-state index contributed by atoms with van der Waals surface area (Å²) in [7, 11) is 0. The number of rotatable bonds is 10. The molecule has 2 aromatic carbocycles. The van der Waals surface area contributed by atoms with Gasteiger partial charge in [0, 0.05) is 13.0 Å². The van der Waals surface area contributed by atoms with Crippen molar-refractivity contribution in [1.29, 1.82) is 0 Å². The molecule has 0 saturated carbocycles. The van der Waals surface area contributed by atoms with Gasteiger partial charge in [0.05, 0.1) is 10.6 Å². The summed E-state index contributed by atoms with van der Waals surface area (Å²) in [5.74, 6) is -0.672. The standard InChI is InChI=1S/C23H23ClN2O6/c24-17-7-4-3-6-16(17)22(29)26-18(23(30)25-11-5-1-2-8-21(27)28)12-15-9-10-19-20(13-15)32-14-31-19/h3-4,6-7,9-10,12-13H,1-2,5,8,11,14H2,(H,25,30)(H,26,29)(H,27,28)/b18-12+. The molecule has 0 aromatic heterocycles. The molecule has 1 aliphatic rings. The molecule has 0 spiro atoms. The van der Waals surface area contributed by atoms with Crippen LogP contribution in [0.3, 0.4) is 0 Å². The first-order valence-electron chi connectivity index (χ1n) is 10.1. The molecular formula is C23H23ClN2O6. The van der Waals surface area contributed by atoms with Crippen LogP contribution in [-0.2, 0) is 9.59 Å². The zero-order chi connectivity index (χ0) is 22.9. The molecule has 3 N–H and O–H groups in total. The molecule has 0 fully saturated rings. The van der Waals surface area contributed by atoms with Gasteiger partial charge in [-0.05, 0) is 48.7 Å². The molecule has 1 heterocycles. The van der Waals surface area contributed by atoms with Crippen LogP contribution >= 0.6 is 11.6 Å². The smallest absolute Gasteiger partial charge is 0.303 e. The number of hydrogen-bond acceptors (Lipinski definition) is 5. The van der Waals surface area contributed by atoms with E-state index in [9.17, 15) is 14.4 Å². The highest BCUT2D eigenvalue weighted by molar-refractivity contribution is 6.34. The Kier molecular flexibility index (Phi) is 8.10. The fourth-order valence-corrected chi connectivity index (χ4v) is 3.26. The number of nitrogens with one attached hydrogen (secondary N) is 2. The molecule has 0 aliphatic carbocycles. The van der Waals surface area contributed by atoms with E-state index in [1.54, 1.807) is 42.5 Å². The van der Waals surface area contributed by atoms with Gasteiger partial charge in [-0.25, -0.2) is 0 Å². The predicted octanol–water partition coefficient (Wildman–Crippen LogP) is 3.60. The Morgan fingerprint density at radius 3 is 2.59 bits per heavy atom. The van der Waals surface area contributed by atoms with Crippen molar-refractivity contribution in [2.45, 2.75) is 25.7 Å². The number of hydrogen-bond donors (Lipinski definition) is 3. The lowest BCUT2D eigenvalue weighted by Crippen LogP contribution is -2.35. The van der Waals surface area contributed by atoms with Gasteiger partial charge in [0.15, 0.2) is 11.5 Å². The summed E-state index contributed by atoms with van der Waals surface area (Å²) >= 11 is 6.11. The van der Waals surface area contributed by atoms with Gasteiger partial charge in [0.1, 0.15) is 5.70 Å². The van der Waals surface area contributed by atoms with Crippen molar-refractivity contribution in [1.82, 2.24) is 10.6 Å². The van der Waals surface area contributed by atoms with E-state index in [1.807, 2.05) is 0 Å². The Balaban J connectivity index is 1.71. The van der Waals surface area contributed by atoms with Crippen molar-refractivity contribution in [3.8, 4) is 11.5 Å². The Hall–Kier alpha value is -3.52. The van der Waals surface area contributed by atoms with E-state index < -0.39 is 17.8 Å². The fraction of sp³-hybridized carbons (Fsp3) is 0.261. The van der Waals surface area contributed by atoms with Crippen molar-refractivity contribution in [2.75, 3.05) is 13.3 Å². The Labute approximate surface area is 190 Å². The van der Waals surface area contributed by atoms with Crippen LogP contribution in [-0.4, -0.2) is 36.2 Å². The van der Waals surface area contributed by atoms with Crippen LogP contribution in [0.15, 0.2) is 48.2 Å². The van der Waals surface area contributed by atoms with Crippen LogP contribution in [0.4, 0.5) is 0 Å². The minimum Gasteiger partial charge on any atom is -0.481 e. The molecule has 0 radical (unpaired) electrons. The molecule has 0 unspecified atom stereocenters. The van der Waals surface area contributed by atoms with Gasteiger partial charge in [-0.1, -0.05) is 36.2 Å². The average molecular weight is 459 g/mol. The van der Waals surface area contributed by atoms with E-state index in [1.165, 1.54) is 6.08 Å². The molecule has 168 valence electrons. The zero-order valence-electron chi connectivity index (χ0n) is 17.2. The molecule has 2 amide bonds. The van der Waals surface area contributed by atoms with Crippen molar-refractivity contribution in [3.05, 3.63) is 64.3 Å². The van der Waals surface area contributed by atoms with Gasteiger partial charge in [0.25, 0.3) is 11.8 Å². The molecule has 32 heavy (non-hydrogen) atoms. The van der Waals surface area contributed by atoms with Crippen LogP contribution in [0.2, 0.25) is 5.02 Å². The van der Waals surface area contributed by atoms with Crippen LogP contribution < -0.4 is 20.1 Å². The minimum absolute atomic E-state index is 0.0410. The van der Waals surface area contributed by atoms with E-state index in [2.05, 4.69) is 10.6 Å². The summed E-state index contributed by atoms with van der Waals surface area (Å²) in [6.07, 6.45) is 3.45. The summed E-state index contributed by atoms with van der Waals surface area (Å²) < 4.78 is 10.7. The molecule has 0 saturated heterocycles. The quantitative estimate of drug-likeness (QED) is 0.370. The number of carboxylic acids is 1. The number of carbonyl (C=O) groups excluding carboxylic acids is 2. The molecule has 1 aliphatic heterocycles. The third-order valence-corrected chi connectivity index (χ3v) is 5.00. The Morgan fingerprint density at radius 1 is 1.03 bits per heavy atom. The molecule has 0 bridgehead atoms. The first-order chi connectivity index (χ1) is 15.4. The van der Waals surface area contributed by atoms with Gasteiger partial charge >= 0.3 is 5.97 Å². The molecule has 2 aromatic rings. The maximum atomic E-state index is 12.8. The molecule has 9 heteroatoms. The van der Waals surface area contributed by atoms with Crippen LogP contribution in [0, 0.1) is 0 Å². The number of aliphatic carboxylic acids is 1.